The van der Waals surface area contributed by atoms with Crippen LogP contribution in [0.2, 0.25) is 0 Å². The molecule has 2 nitrogen and oxygen atoms in total. The predicted molar refractivity (Wildman–Crippen MR) is 59.0 cm³/mol. The van der Waals surface area contributed by atoms with Gasteiger partial charge in [-0.2, -0.15) is 0 Å². The maximum absolute atomic E-state index is 11.0. The number of rotatable bonds is 1. The molecule has 0 saturated heterocycles. The Labute approximate surface area is 142 Å². The van der Waals surface area contributed by atoms with E-state index < -0.39 is 5.97 Å². The second kappa shape index (κ2) is 5.04. The first-order chi connectivity index (χ1) is 7.77. The largest absolute Gasteiger partial charge is 1.00 e. The molecule has 0 aromatic heterocycles. The Morgan fingerprint density at radius 2 is 1.71 bits per heavy atom. The number of carboxylic acids is 1. The zero-order valence-corrected chi connectivity index (χ0v) is 12.7. The summed E-state index contributed by atoms with van der Waals surface area (Å²) < 4.78 is 0. The fraction of sp³-hybridized carbons (Fsp3) is 0.0714. The van der Waals surface area contributed by atoms with Crippen molar-refractivity contribution in [3.05, 3.63) is 59.2 Å². The molecule has 3 heteroatoms. The molecule has 0 saturated carbocycles. The molecule has 0 heterocycles. The van der Waals surface area contributed by atoms with E-state index in [2.05, 4.69) is 0 Å². The van der Waals surface area contributed by atoms with Gasteiger partial charge in [-0.05, 0) is 28.7 Å². The fourth-order valence-electron chi connectivity index (χ4n) is 2.35. The van der Waals surface area contributed by atoms with Gasteiger partial charge in [0, 0.05) is 5.56 Å². The van der Waals surface area contributed by atoms with Crippen molar-refractivity contribution in [3.63, 3.8) is 0 Å². The molecule has 0 atom stereocenters. The van der Waals surface area contributed by atoms with Crippen LogP contribution in [0.25, 0.3) is 11.1 Å². The third kappa shape index (κ3) is 2.14. The molecule has 0 amide bonds. The summed E-state index contributed by atoms with van der Waals surface area (Å²) in [5, 5.41) is 11.0. The van der Waals surface area contributed by atoms with Gasteiger partial charge in [-0.1, -0.05) is 42.5 Å². The minimum absolute atomic E-state index is 0. The van der Waals surface area contributed by atoms with E-state index in [1.165, 1.54) is 5.56 Å². The Kier molecular flexibility index (Phi) is 3.85. The molecule has 0 N–H and O–H groups in total. The van der Waals surface area contributed by atoms with Crippen molar-refractivity contribution in [2.45, 2.75) is 6.42 Å². The number of aromatic carboxylic acids is 1. The van der Waals surface area contributed by atoms with Crippen LogP contribution < -0.4 is 56.5 Å². The van der Waals surface area contributed by atoms with Gasteiger partial charge in [0.2, 0.25) is 0 Å². The van der Waals surface area contributed by atoms with E-state index in [0.29, 0.717) is 12.0 Å². The number of carboxylic acid groups (broad SMARTS) is 1. The minimum atomic E-state index is -1.09. The summed E-state index contributed by atoms with van der Waals surface area (Å²) in [7, 11) is 0. The van der Waals surface area contributed by atoms with Crippen LogP contribution in [-0.2, 0) is 6.42 Å². The third-order valence-electron chi connectivity index (χ3n) is 3.07. The van der Waals surface area contributed by atoms with Crippen molar-refractivity contribution in [1.82, 2.24) is 0 Å². The molecule has 17 heavy (non-hydrogen) atoms. The fourth-order valence-corrected chi connectivity index (χ4v) is 2.35. The Hall–Kier alpha value is -0.454. The van der Waals surface area contributed by atoms with Crippen LogP contribution in [0.5, 0.6) is 0 Å². The van der Waals surface area contributed by atoms with Gasteiger partial charge in [0.25, 0.3) is 0 Å². The van der Waals surface area contributed by atoms with E-state index in [1.807, 2.05) is 30.3 Å². The Morgan fingerprint density at radius 3 is 2.47 bits per heavy atom. The molecule has 3 rings (SSSR count). The number of benzene rings is 2. The molecule has 0 fully saturated rings. The maximum atomic E-state index is 11.0. The average molecular weight is 248 g/mol. The predicted octanol–water partition coefficient (Wildman–Crippen LogP) is -1.37. The topological polar surface area (TPSA) is 40.1 Å². The van der Waals surface area contributed by atoms with E-state index in [-0.39, 0.29) is 51.4 Å². The molecule has 1 aliphatic rings. The molecular weight excluding hydrogens is 239 g/mol. The first-order valence-electron chi connectivity index (χ1n) is 5.19. The van der Waals surface area contributed by atoms with E-state index in [4.69, 9.17) is 0 Å². The van der Waals surface area contributed by atoms with Crippen molar-refractivity contribution in [3.8, 4) is 11.1 Å². The van der Waals surface area contributed by atoms with Gasteiger partial charge in [0.1, 0.15) is 0 Å². The van der Waals surface area contributed by atoms with E-state index in [9.17, 15) is 9.90 Å². The normalized spacial score (nSPS) is 11.3. The van der Waals surface area contributed by atoms with Gasteiger partial charge in [-0.3, -0.25) is 0 Å². The number of carbonyl (C=O) groups excluding carboxylic acids is 1. The average Bonchev–Trinajstić information content (AvgIpc) is 2.67. The SMILES string of the molecule is O=C([O-])c1cccc2c1Cc1ccccc1-2.[K+]. The van der Waals surface area contributed by atoms with E-state index in [0.717, 1.165) is 16.7 Å². The number of hydrogen-bond acceptors (Lipinski definition) is 2. The Bertz CT molecular complexity index is 591. The van der Waals surface area contributed by atoms with Gasteiger partial charge >= 0.3 is 51.4 Å². The van der Waals surface area contributed by atoms with E-state index >= 15 is 0 Å². The number of hydrogen-bond donors (Lipinski definition) is 0. The zero-order chi connectivity index (χ0) is 11.1. The Morgan fingerprint density at radius 1 is 1.00 bits per heavy atom. The standard InChI is InChI=1S/C14H10O2.K/c15-14(16)12-7-3-6-11-10-5-2-1-4-9(10)8-13(11)12;/h1-7H,8H2,(H,15,16);/q;+1/p-1. The van der Waals surface area contributed by atoms with Crippen LogP contribution in [0.4, 0.5) is 0 Å². The van der Waals surface area contributed by atoms with Crippen molar-refractivity contribution in [2.24, 2.45) is 0 Å². The number of carbonyl (C=O) groups is 1. The smallest absolute Gasteiger partial charge is 0.545 e. The zero-order valence-electron chi connectivity index (χ0n) is 9.57. The van der Waals surface area contributed by atoms with Crippen LogP contribution in [0.15, 0.2) is 42.5 Å². The molecule has 2 aromatic rings. The molecule has 78 valence electrons. The Balaban J connectivity index is 0.00000108. The first-order valence-corrected chi connectivity index (χ1v) is 5.19. The molecular formula is C14H9KO2. The van der Waals surface area contributed by atoms with Crippen molar-refractivity contribution < 1.29 is 61.3 Å². The second-order valence-corrected chi connectivity index (χ2v) is 3.95. The maximum Gasteiger partial charge on any atom is 1.00 e. The second-order valence-electron chi connectivity index (χ2n) is 3.95. The molecule has 0 radical (unpaired) electrons. The third-order valence-corrected chi connectivity index (χ3v) is 3.07. The summed E-state index contributed by atoms with van der Waals surface area (Å²) in [4.78, 5) is 11.0. The summed E-state index contributed by atoms with van der Waals surface area (Å²) in [6.45, 7) is 0. The number of fused-ring (bicyclic) bond motifs is 3. The van der Waals surface area contributed by atoms with Gasteiger partial charge in [-0.25, -0.2) is 0 Å². The van der Waals surface area contributed by atoms with Crippen molar-refractivity contribution >= 4 is 5.97 Å². The molecule has 0 bridgehead atoms. The van der Waals surface area contributed by atoms with Crippen LogP contribution in [0.1, 0.15) is 21.5 Å². The van der Waals surface area contributed by atoms with Gasteiger partial charge < -0.3 is 9.90 Å². The van der Waals surface area contributed by atoms with Crippen molar-refractivity contribution in [1.29, 1.82) is 0 Å². The molecule has 0 spiro atoms. The summed E-state index contributed by atoms with van der Waals surface area (Å²) >= 11 is 0. The van der Waals surface area contributed by atoms with Crippen LogP contribution in [0.3, 0.4) is 0 Å². The summed E-state index contributed by atoms with van der Waals surface area (Å²) in [6, 6.07) is 13.4. The van der Waals surface area contributed by atoms with Gasteiger partial charge in [0.05, 0.1) is 5.97 Å². The first kappa shape index (κ1) is 13.0. The molecule has 1 aliphatic carbocycles. The van der Waals surface area contributed by atoms with Gasteiger partial charge in [0.15, 0.2) is 0 Å². The van der Waals surface area contributed by atoms with E-state index in [1.54, 1.807) is 12.1 Å². The quantitative estimate of drug-likeness (QED) is 0.498. The summed E-state index contributed by atoms with van der Waals surface area (Å²) in [5.74, 6) is -1.09. The molecule has 0 aliphatic heterocycles. The van der Waals surface area contributed by atoms with Crippen LogP contribution in [-0.4, -0.2) is 5.97 Å². The minimum Gasteiger partial charge on any atom is -0.545 e. The monoisotopic (exact) mass is 248 g/mol. The van der Waals surface area contributed by atoms with Crippen molar-refractivity contribution in [2.75, 3.05) is 0 Å². The summed E-state index contributed by atoms with van der Waals surface area (Å²) in [6.07, 6.45) is 0.690. The van der Waals surface area contributed by atoms with Gasteiger partial charge in [-0.15, -0.1) is 0 Å². The molecule has 2 aromatic carbocycles. The summed E-state index contributed by atoms with van der Waals surface area (Å²) in [5.41, 5.74) is 4.54. The molecule has 0 unspecified atom stereocenters. The van der Waals surface area contributed by atoms with Crippen LogP contribution in [0, 0.1) is 0 Å². The van der Waals surface area contributed by atoms with Crippen LogP contribution >= 0.6 is 0 Å².